The Morgan fingerprint density at radius 3 is 1.86 bits per heavy atom. The van der Waals surface area contributed by atoms with Crippen molar-refractivity contribution in [2.24, 2.45) is 5.73 Å². The van der Waals surface area contributed by atoms with Gasteiger partial charge in [0, 0.05) is 16.6 Å². The van der Waals surface area contributed by atoms with Crippen LogP contribution in [0.15, 0.2) is 24.0 Å². The minimum Gasteiger partial charge on any atom is -0.480 e. The second-order valence-electron chi connectivity index (χ2n) is 2.05. The summed E-state index contributed by atoms with van der Waals surface area (Å²) in [5.41, 5.74) is 4.94. The van der Waals surface area contributed by atoms with Gasteiger partial charge in [0.05, 0.1) is 0 Å². The molecular formula is C7H13NO4S2. The Balaban J connectivity index is 0. The molecule has 0 rings (SSSR count). The lowest BCUT2D eigenvalue weighted by molar-refractivity contribution is -0.137. The van der Waals surface area contributed by atoms with Gasteiger partial charge in [0.25, 0.3) is 0 Å². The van der Waals surface area contributed by atoms with E-state index in [0.717, 1.165) is 10.8 Å². The molecule has 0 radical (unpaired) electrons. The van der Waals surface area contributed by atoms with Gasteiger partial charge in [-0.25, -0.2) is 8.42 Å². The minimum absolute atomic E-state index is 0.190. The zero-order chi connectivity index (χ0) is 11.8. The highest BCUT2D eigenvalue weighted by atomic mass is 32.2. The molecule has 0 heterocycles. The normalized spacial score (nSPS) is 11.9. The quantitative estimate of drug-likeness (QED) is 0.601. The number of aliphatic carboxylic acids is 1. The van der Waals surface area contributed by atoms with Gasteiger partial charge in [0.2, 0.25) is 0 Å². The summed E-state index contributed by atoms with van der Waals surface area (Å²) in [6, 6.07) is -0.816. The lowest BCUT2D eigenvalue weighted by atomic mass is 10.4. The van der Waals surface area contributed by atoms with Gasteiger partial charge in [0.15, 0.2) is 9.84 Å². The van der Waals surface area contributed by atoms with Crippen LogP contribution in [0.5, 0.6) is 0 Å². The summed E-state index contributed by atoms with van der Waals surface area (Å²) in [6.45, 7) is 6.09. The van der Waals surface area contributed by atoms with Gasteiger partial charge in [-0.05, 0) is 0 Å². The molecule has 0 fully saturated rings. The first-order valence-electron chi connectivity index (χ1n) is 3.40. The summed E-state index contributed by atoms with van der Waals surface area (Å²) in [4.78, 5) is 9.76. The van der Waals surface area contributed by atoms with Gasteiger partial charge < -0.3 is 10.8 Å². The second kappa shape index (κ2) is 7.60. The summed E-state index contributed by atoms with van der Waals surface area (Å²) >= 11 is 3.65. The molecule has 0 aliphatic rings. The van der Waals surface area contributed by atoms with Crippen molar-refractivity contribution in [1.82, 2.24) is 0 Å². The first kappa shape index (κ1) is 15.7. The van der Waals surface area contributed by atoms with Crippen LogP contribution >= 0.6 is 12.6 Å². The number of carbonyl (C=O) groups is 1. The van der Waals surface area contributed by atoms with Crippen molar-refractivity contribution in [1.29, 1.82) is 0 Å². The summed E-state index contributed by atoms with van der Waals surface area (Å²) in [5, 5.41) is 9.70. The molecule has 0 unspecified atom stereocenters. The molecule has 0 aliphatic heterocycles. The van der Waals surface area contributed by atoms with Gasteiger partial charge in [-0.15, -0.1) is 0 Å². The molecule has 3 N–H and O–H groups in total. The molecule has 1 atom stereocenters. The fourth-order valence-corrected chi connectivity index (χ4v) is 0.438. The van der Waals surface area contributed by atoms with Crippen LogP contribution in [-0.4, -0.2) is 31.3 Å². The van der Waals surface area contributed by atoms with Crippen molar-refractivity contribution in [2.45, 2.75) is 6.04 Å². The number of nitrogens with two attached hydrogens (primary N) is 1. The van der Waals surface area contributed by atoms with E-state index in [1.54, 1.807) is 0 Å². The zero-order valence-corrected chi connectivity index (χ0v) is 9.17. The molecule has 14 heavy (non-hydrogen) atoms. The first-order chi connectivity index (χ1) is 6.30. The molecule has 0 aliphatic carbocycles. The summed E-state index contributed by atoms with van der Waals surface area (Å²) in [7, 11) is -3.13. The first-order valence-corrected chi connectivity index (χ1v) is 5.64. The van der Waals surface area contributed by atoms with E-state index >= 15 is 0 Å². The van der Waals surface area contributed by atoms with Gasteiger partial charge in [-0.3, -0.25) is 4.79 Å². The molecule has 0 aromatic rings. The van der Waals surface area contributed by atoms with Crippen molar-refractivity contribution in [3.8, 4) is 0 Å². The topological polar surface area (TPSA) is 97.5 Å². The van der Waals surface area contributed by atoms with Crippen LogP contribution in [0.1, 0.15) is 0 Å². The van der Waals surface area contributed by atoms with Crippen LogP contribution in [0.3, 0.4) is 0 Å². The van der Waals surface area contributed by atoms with E-state index in [2.05, 4.69) is 25.8 Å². The smallest absolute Gasteiger partial charge is 0.321 e. The number of sulfone groups is 1. The van der Waals surface area contributed by atoms with Crippen molar-refractivity contribution < 1.29 is 18.3 Å². The summed E-state index contributed by atoms with van der Waals surface area (Å²) in [5.74, 6) is -0.815. The largest absolute Gasteiger partial charge is 0.480 e. The number of carboxylic acid groups (broad SMARTS) is 1. The van der Waals surface area contributed by atoms with Gasteiger partial charge in [0.1, 0.15) is 6.04 Å². The van der Waals surface area contributed by atoms with Gasteiger partial charge in [-0.2, -0.15) is 12.6 Å². The second-order valence-corrected chi connectivity index (χ2v) is 4.26. The van der Waals surface area contributed by atoms with Crippen LogP contribution in [-0.2, 0) is 14.6 Å². The highest BCUT2D eigenvalue weighted by Crippen LogP contribution is 1.87. The number of hydrogen-bond donors (Lipinski definition) is 3. The molecule has 0 saturated carbocycles. The van der Waals surface area contributed by atoms with Crippen LogP contribution < -0.4 is 5.73 Å². The predicted molar refractivity (Wildman–Crippen MR) is 58.8 cm³/mol. The molecule has 0 spiro atoms. The Morgan fingerprint density at radius 1 is 1.50 bits per heavy atom. The van der Waals surface area contributed by atoms with Gasteiger partial charge >= 0.3 is 5.97 Å². The Morgan fingerprint density at radius 2 is 1.86 bits per heavy atom. The van der Waals surface area contributed by atoms with E-state index in [1.807, 2.05) is 0 Å². The Labute approximate surface area is 88.6 Å². The molecule has 0 amide bonds. The van der Waals surface area contributed by atoms with Crippen LogP contribution in [0.4, 0.5) is 0 Å². The average molecular weight is 239 g/mol. The van der Waals surface area contributed by atoms with Crippen LogP contribution in [0, 0.1) is 0 Å². The molecule has 7 heteroatoms. The SMILES string of the molecule is C=CS(=O)(=O)C=C.N[C@@H](CS)C(=O)O. The standard InChI is InChI=1S/C4H6O2S.C3H7NO2S/c1-3-7(5,6)4-2;4-2(1-7)3(5)6/h3-4H,1-2H2;2,7H,1,4H2,(H,5,6)/t;2-/m.0/s1. The van der Waals surface area contributed by atoms with Crippen molar-refractivity contribution in [3.63, 3.8) is 0 Å². The Bertz CT molecular complexity index is 283. The van der Waals surface area contributed by atoms with Crippen LogP contribution in [0.2, 0.25) is 0 Å². The molecule has 0 aromatic heterocycles. The molecule has 0 aromatic carbocycles. The van der Waals surface area contributed by atoms with E-state index in [4.69, 9.17) is 10.8 Å². The maximum Gasteiger partial charge on any atom is 0.321 e. The fourth-order valence-electron chi connectivity index (χ4n) is 0.146. The fraction of sp³-hybridized carbons (Fsp3) is 0.286. The van der Waals surface area contributed by atoms with E-state index < -0.39 is 21.8 Å². The molecule has 82 valence electrons. The highest BCUT2D eigenvalue weighted by Gasteiger charge is 2.06. The van der Waals surface area contributed by atoms with E-state index in [1.165, 1.54) is 0 Å². The molecule has 0 saturated heterocycles. The van der Waals surface area contributed by atoms with E-state index in [0.29, 0.717) is 0 Å². The van der Waals surface area contributed by atoms with Gasteiger partial charge in [-0.1, -0.05) is 13.2 Å². The average Bonchev–Trinajstić information content (AvgIpc) is 2.17. The third-order valence-electron chi connectivity index (χ3n) is 0.979. The summed E-state index contributed by atoms with van der Waals surface area (Å²) in [6.07, 6.45) is 0. The predicted octanol–water partition coefficient (Wildman–Crippen LogP) is 0.0163. The number of hydrogen-bond acceptors (Lipinski definition) is 5. The summed E-state index contributed by atoms with van der Waals surface area (Å²) < 4.78 is 20.3. The lowest BCUT2D eigenvalue weighted by Crippen LogP contribution is -2.31. The molecular weight excluding hydrogens is 226 g/mol. The van der Waals surface area contributed by atoms with Crippen molar-refractivity contribution in [2.75, 3.05) is 5.75 Å². The van der Waals surface area contributed by atoms with E-state index in [-0.39, 0.29) is 5.75 Å². The van der Waals surface area contributed by atoms with Crippen molar-refractivity contribution in [3.05, 3.63) is 24.0 Å². The lowest BCUT2D eigenvalue weighted by Gasteiger charge is -1.96. The Hall–Kier alpha value is -0.790. The van der Waals surface area contributed by atoms with Crippen LogP contribution in [0.25, 0.3) is 0 Å². The van der Waals surface area contributed by atoms with Crippen molar-refractivity contribution >= 4 is 28.4 Å². The maximum atomic E-state index is 10.1. The number of rotatable bonds is 4. The monoisotopic (exact) mass is 239 g/mol. The zero-order valence-electron chi connectivity index (χ0n) is 7.46. The Kier molecular flexibility index (Phi) is 8.51. The molecule has 0 bridgehead atoms. The third-order valence-corrected chi connectivity index (χ3v) is 2.30. The number of thiol groups is 1. The van der Waals surface area contributed by atoms with E-state index in [9.17, 15) is 13.2 Å². The maximum absolute atomic E-state index is 10.1. The molecule has 5 nitrogen and oxygen atoms in total. The number of carboxylic acids is 1. The highest BCUT2D eigenvalue weighted by molar-refractivity contribution is 7.97. The minimum atomic E-state index is -3.13. The third kappa shape index (κ3) is 9.30.